The molecule has 0 radical (unpaired) electrons. The number of thioether (sulfide) groups is 1. The molecule has 1 aliphatic rings. The number of amides is 2. The van der Waals surface area contributed by atoms with Crippen molar-refractivity contribution in [3.63, 3.8) is 0 Å². The average Bonchev–Trinajstić information content (AvgIpc) is 2.85. The second-order valence-corrected chi connectivity index (χ2v) is 6.62. The van der Waals surface area contributed by atoms with E-state index in [1.165, 1.54) is 12.1 Å². The fourth-order valence-corrected chi connectivity index (χ4v) is 3.44. The van der Waals surface area contributed by atoms with Crippen LogP contribution in [0, 0.1) is 13.8 Å². The molecule has 0 unspecified atom stereocenters. The van der Waals surface area contributed by atoms with Gasteiger partial charge in [0.15, 0.2) is 0 Å². The molecule has 1 heterocycles. The first-order chi connectivity index (χ1) is 11.9. The van der Waals surface area contributed by atoms with E-state index < -0.39 is 17.1 Å². The van der Waals surface area contributed by atoms with E-state index in [1.54, 1.807) is 30.3 Å². The molecule has 126 valence electrons. The summed E-state index contributed by atoms with van der Waals surface area (Å²) in [6.45, 7) is 3.77. The van der Waals surface area contributed by atoms with Crippen LogP contribution in [0.4, 0.5) is 10.5 Å². The molecule has 2 aromatic rings. The first kappa shape index (κ1) is 17.0. The molecule has 0 bridgehead atoms. The van der Waals surface area contributed by atoms with Gasteiger partial charge in [0, 0.05) is 0 Å². The van der Waals surface area contributed by atoms with Crippen LogP contribution >= 0.6 is 11.8 Å². The maximum atomic E-state index is 12.7. The summed E-state index contributed by atoms with van der Waals surface area (Å²) < 4.78 is 0. The highest BCUT2D eigenvalue weighted by atomic mass is 32.2. The van der Waals surface area contributed by atoms with Gasteiger partial charge in [-0.05, 0) is 60.5 Å². The van der Waals surface area contributed by atoms with Gasteiger partial charge in [0.1, 0.15) is 0 Å². The van der Waals surface area contributed by atoms with Gasteiger partial charge in [-0.25, -0.2) is 9.69 Å². The Hall–Kier alpha value is -2.86. The first-order valence-electron chi connectivity index (χ1n) is 7.56. The summed E-state index contributed by atoms with van der Waals surface area (Å²) in [4.78, 5) is 37.8. The van der Waals surface area contributed by atoms with Crippen LogP contribution in [0.25, 0.3) is 6.08 Å². The number of hydrogen-bond donors (Lipinski definition) is 1. The van der Waals surface area contributed by atoms with Gasteiger partial charge < -0.3 is 5.11 Å². The number of carboxylic acids is 1. The lowest BCUT2D eigenvalue weighted by Gasteiger charge is -2.16. The normalized spacial score (nSPS) is 15.9. The third-order valence-corrected chi connectivity index (χ3v) is 4.96. The van der Waals surface area contributed by atoms with Crippen LogP contribution in [-0.4, -0.2) is 22.2 Å². The van der Waals surface area contributed by atoms with Crippen molar-refractivity contribution in [2.75, 3.05) is 4.90 Å². The van der Waals surface area contributed by atoms with Crippen molar-refractivity contribution in [3.05, 3.63) is 69.6 Å². The van der Waals surface area contributed by atoms with Gasteiger partial charge in [0.25, 0.3) is 11.1 Å². The highest BCUT2D eigenvalue weighted by molar-refractivity contribution is 8.19. The Balaban J connectivity index is 2.03. The monoisotopic (exact) mass is 353 g/mol. The van der Waals surface area contributed by atoms with Gasteiger partial charge in [-0.3, -0.25) is 9.59 Å². The highest BCUT2D eigenvalue weighted by Gasteiger charge is 2.37. The maximum absolute atomic E-state index is 12.7. The summed E-state index contributed by atoms with van der Waals surface area (Å²) >= 11 is 0.812. The fourth-order valence-electron chi connectivity index (χ4n) is 2.61. The minimum Gasteiger partial charge on any atom is -0.478 e. The Kier molecular flexibility index (Phi) is 4.46. The molecule has 0 saturated carbocycles. The molecule has 5 nitrogen and oxygen atoms in total. The Labute approximate surface area is 149 Å². The van der Waals surface area contributed by atoms with Gasteiger partial charge in [0.05, 0.1) is 16.2 Å². The van der Waals surface area contributed by atoms with E-state index in [-0.39, 0.29) is 10.5 Å². The summed E-state index contributed by atoms with van der Waals surface area (Å²) in [6, 6.07) is 11.8. The molecule has 1 aliphatic heterocycles. The van der Waals surface area contributed by atoms with Crippen molar-refractivity contribution in [1.82, 2.24) is 0 Å². The van der Waals surface area contributed by atoms with Crippen molar-refractivity contribution in [3.8, 4) is 0 Å². The lowest BCUT2D eigenvalue weighted by molar-refractivity contribution is -0.113. The van der Waals surface area contributed by atoms with E-state index in [0.29, 0.717) is 11.3 Å². The number of anilines is 1. The standard InChI is InChI=1S/C19H15NO4S/c1-11-6-5-9-15(12(11)2)20-17(21)16(25-19(20)24)10-13-7-3-4-8-14(13)18(22)23/h3-10H,1-2H3,(H,22,23)/b16-10+. The minimum absolute atomic E-state index is 0.0843. The number of imide groups is 1. The fraction of sp³-hybridized carbons (Fsp3) is 0.105. The molecule has 1 N–H and O–H groups in total. The van der Waals surface area contributed by atoms with Gasteiger partial charge in [-0.2, -0.15) is 0 Å². The molecule has 3 rings (SSSR count). The van der Waals surface area contributed by atoms with Gasteiger partial charge in [-0.15, -0.1) is 0 Å². The van der Waals surface area contributed by atoms with E-state index in [1.807, 2.05) is 19.9 Å². The molecule has 0 spiro atoms. The smallest absolute Gasteiger partial charge is 0.336 e. The van der Waals surface area contributed by atoms with Crippen LogP contribution in [0.1, 0.15) is 27.0 Å². The second-order valence-electron chi connectivity index (χ2n) is 5.63. The van der Waals surface area contributed by atoms with Crippen LogP contribution in [0.5, 0.6) is 0 Å². The van der Waals surface area contributed by atoms with Crippen LogP contribution in [-0.2, 0) is 4.79 Å². The van der Waals surface area contributed by atoms with Gasteiger partial charge in [-0.1, -0.05) is 30.3 Å². The second kappa shape index (κ2) is 6.57. The summed E-state index contributed by atoms with van der Waals surface area (Å²) in [6.07, 6.45) is 1.46. The van der Waals surface area contributed by atoms with Crippen LogP contribution in [0.3, 0.4) is 0 Å². The number of aromatic carboxylic acids is 1. The summed E-state index contributed by atoms with van der Waals surface area (Å²) in [7, 11) is 0. The largest absolute Gasteiger partial charge is 0.478 e. The number of hydrogen-bond acceptors (Lipinski definition) is 4. The summed E-state index contributed by atoms with van der Waals surface area (Å²) in [5, 5.41) is 8.87. The number of benzene rings is 2. The van der Waals surface area contributed by atoms with E-state index >= 15 is 0 Å². The highest BCUT2D eigenvalue weighted by Crippen LogP contribution is 2.37. The quantitative estimate of drug-likeness (QED) is 0.835. The number of carboxylic acid groups (broad SMARTS) is 1. The number of aryl methyl sites for hydroxylation is 1. The Morgan fingerprint density at radius 3 is 2.52 bits per heavy atom. The van der Waals surface area contributed by atoms with E-state index in [0.717, 1.165) is 27.8 Å². The molecular weight excluding hydrogens is 338 g/mol. The van der Waals surface area contributed by atoms with Crippen LogP contribution in [0.2, 0.25) is 0 Å². The van der Waals surface area contributed by atoms with Gasteiger partial charge in [0.2, 0.25) is 0 Å². The molecule has 2 amide bonds. The molecule has 1 saturated heterocycles. The van der Waals surface area contributed by atoms with E-state index in [4.69, 9.17) is 0 Å². The van der Waals surface area contributed by atoms with Crippen molar-refractivity contribution in [2.24, 2.45) is 0 Å². The molecule has 0 atom stereocenters. The third kappa shape index (κ3) is 3.08. The predicted octanol–water partition coefficient (Wildman–Crippen LogP) is 4.24. The number of rotatable bonds is 3. The predicted molar refractivity (Wildman–Crippen MR) is 97.8 cm³/mol. The molecule has 25 heavy (non-hydrogen) atoms. The Bertz CT molecular complexity index is 933. The molecule has 6 heteroatoms. The zero-order valence-electron chi connectivity index (χ0n) is 13.6. The Morgan fingerprint density at radius 1 is 1.08 bits per heavy atom. The number of nitrogens with zero attached hydrogens (tertiary/aromatic N) is 1. The zero-order valence-corrected chi connectivity index (χ0v) is 14.5. The first-order valence-corrected chi connectivity index (χ1v) is 8.38. The number of carbonyl (C=O) groups is 3. The Morgan fingerprint density at radius 2 is 1.80 bits per heavy atom. The summed E-state index contributed by atoms with van der Waals surface area (Å²) in [5.74, 6) is -1.52. The van der Waals surface area contributed by atoms with Crippen molar-refractivity contribution in [2.45, 2.75) is 13.8 Å². The SMILES string of the molecule is Cc1cccc(N2C(=O)S/C(=C/c3ccccc3C(=O)O)C2=O)c1C. The topological polar surface area (TPSA) is 74.7 Å². The number of carbonyl (C=O) groups excluding carboxylic acids is 2. The van der Waals surface area contributed by atoms with Crippen molar-refractivity contribution >= 4 is 40.6 Å². The molecule has 1 fully saturated rings. The zero-order chi connectivity index (χ0) is 18.1. The third-order valence-electron chi connectivity index (χ3n) is 4.09. The van der Waals surface area contributed by atoms with Crippen molar-refractivity contribution < 1.29 is 19.5 Å². The van der Waals surface area contributed by atoms with Gasteiger partial charge >= 0.3 is 5.97 Å². The van der Waals surface area contributed by atoms with Crippen LogP contribution < -0.4 is 4.90 Å². The minimum atomic E-state index is -1.08. The van der Waals surface area contributed by atoms with Crippen molar-refractivity contribution in [1.29, 1.82) is 0 Å². The lowest BCUT2D eigenvalue weighted by atomic mass is 10.1. The molecule has 2 aromatic carbocycles. The summed E-state index contributed by atoms with van der Waals surface area (Å²) in [5.41, 5.74) is 2.87. The van der Waals surface area contributed by atoms with Crippen LogP contribution in [0.15, 0.2) is 47.4 Å². The maximum Gasteiger partial charge on any atom is 0.336 e. The lowest BCUT2D eigenvalue weighted by Crippen LogP contribution is -2.28. The molecular formula is C19H15NO4S. The molecule has 0 aromatic heterocycles. The average molecular weight is 353 g/mol. The van der Waals surface area contributed by atoms with E-state index in [2.05, 4.69) is 0 Å². The van der Waals surface area contributed by atoms with E-state index in [9.17, 15) is 19.5 Å². The molecule has 0 aliphatic carbocycles.